The topological polar surface area (TPSA) is 97.6 Å². The van der Waals surface area contributed by atoms with Crippen molar-refractivity contribution in [2.75, 3.05) is 34.0 Å². The zero-order valence-corrected chi connectivity index (χ0v) is 28.1. The van der Waals surface area contributed by atoms with Gasteiger partial charge in [-0.2, -0.15) is 0 Å². The molecule has 0 bridgehead atoms. The predicted octanol–water partition coefficient (Wildman–Crippen LogP) is 8.60. The first-order valence-electron chi connectivity index (χ1n) is 14.6. The van der Waals surface area contributed by atoms with Crippen molar-refractivity contribution in [2.24, 2.45) is 0 Å². The molecule has 7 heteroatoms. The summed E-state index contributed by atoms with van der Waals surface area (Å²) in [6, 6.07) is 7.83. The van der Waals surface area contributed by atoms with Gasteiger partial charge in [0.2, 0.25) is 0 Å². The highest BCUT2D eigenvalue weighted by Crippen LogP contribution is 2.29. The normalized spacial score (nSPS) is 8.73. The van der Waals surface area contributed by atoms with Gasteiger partial charge in [0, 0.05) is 0 Å². The number of aryl methyl sites for hydroxylation is 4. The second-order valence-corrected chi connectivity index (χ2v) is 8.20. The molecule has 2 rings (SSSR count). The van der Waals surface area contributed by atoms with E-state index in [0.717, 1.165) is 58.3 Å². The maximum absolute atomic E-state index is 8.66. The molecule has 2 aromatic rings. The Morgan fingerprint density at radius 2 is 0.902 bits per heavy atom. The van der Waals surface area contributed by atoms with Gasteiger partial charge in [-0.05, 0) is 87.1 Å². The third-order valence-electron chi connectivity index (χ3n) is 4.49. The van der Waals surface area contributed by atoms with Crippen LogP contribution in [-0.4, -0.2) is 55.6 Å². The Bertz CT molecular complexity index is 711. The van der Waals surface area contributed by atoms with E-state index in [1.807, 2.05) is 79.7 Å². The van der Waals surface area contributed by atoms with E-state index in [0.29, 0.717) is 13.0 Å². The van der Waals surface area contributed by atoms with Gasteiger partial charge in [-0.1, -0.05) is 69.2 Å². The van der Waals surface area contributed by atoms with E-state index in [-0.39, 0.29) is 14.0 Å². The van der Waals surface area contributed by atoms with Crippen LogP contribution in [0.15, 0.2) is 24.3 Å². The Kier molecular flexibility index (Phi) is 39.7. The molecule has 0 radical (unpaired) electrons. The molecule has 2 aromatic carbocycles. The Morgan fingerprint density at radius 1 is 0.634 bits per heavy atom. The van der Waals surface area contributed by atoms with E-state index in [4.69, 9.17) is 34.3 Å². The average molecular weight is 587 g/mol. The first-order chi connectivity index (χ1) is 19.1. The summed E-state index contributed by atoms with van der Waals surface area (Å²) in [5.74, 6) is 3.55. The Hall–Kier alpha value is -2.48. The monoisotopic (exact) mass is 586 g/mol. The molecule has 0 spiro atoms. The molecule has 0 aliphatic heterocycles. The van der Waals surface area contributed by atoms with Crippen molar-refractivity contribution in [1.82, 2.24) is 0 Å². The fourth-order valence-corrected chi connectivity index (χ4v) is 2.86. The van der Waals surface area contributed by atoms with Crippen LogP contribution in [0.3, 0.4) is 0 Å². The molecule has 0 fully saturated rings. The summed E-state index contributed by atoms with van der Waals surface area (Å²) in [6.45, 7) is 25.2. The van der Waals surface area contributed by atoms with Crippen LogP contribution in [0.1, 0.15) is 104 Å². The highest BCUT2D eigenvalue weighted by Gasteiger charge is 2.07. The van der Waals surface area contributed by atoms with E-state index < -0.39 is 6.29 Å². The van der Waals surface area contributed by atoms with Gasteiger partial charge < -0.3 is 34.3 Å². The standard InChI is InChI=1S/C12H18O2.C11H16O3.C3H8O2.C3H8.2C2H6.CH4/c1-5-6-14-12-9(2)7-11(13-4)8-10(12)3;1-8-6-10(13-3)7-9(2)11(8)14-5-4-12;1-2-3(4)5;1-3-2;2*1-2;/h7-8H,5-6H2,1-4H3;6-7,12H,4-5H2,1-3H3;3-5H,2H2,1H3;3H2,1-2H3;2*1-2H3;1H4. The van der Waals surface area contributed by atoms with Gasteiger partial charge in [-0.25, -0.2) is 0 Å². The molecular weight excluding hydrogens is 520 g/mol. The molecule has 3 N–H and O–H groups in total. The molecule has 0 aliphatic rings. The molecule has 0 heterocycles. The minimum absolute atomic E-state index is 0. The van der Waals surface area contributed by atoms with E-state index >= 15 is 0 Å². The maximum Gasteiger partial charge on any atom is 0.151 e. The number of aliphatic hydroxyl groups is 3. The van der Waals surface area contributed by atoms with Crippen molar-refractivity contribution in [3.63, 3.8) is 0 Å². The average Bonchev–Trinajstić information content (AvgIpc) is 2.95. The lowest BCUT2D eigenvalue weighted by molar-refractivity contribution is -0.0413. The summed E-state index contributed by atoms with van der Waals surface area (Å²) in [7, 11) is 3.32. The van der Waals surface area contributed by atoms with Crippen molar-refractivity contribution < 1.29 is 34.3 Å². The quantitative estimate of drug-likeness (QED) is 0.253. The summed E-state index contributed by atoms with van der Waals surface area (Å²) in [5, 5.41) is 24.5. The summed E-state index contributed by atoms with van der Waals surface area (Å²) >= 11 is 0. The van der Waals surface area contributed by atoms with Gasteiger partial charge in [0.25, 0.3) is 0 Å². The first kappa shape index (κ1) is 48.3. The Morgan fingerprint density at radius 3 is 1.10 bits per heavy atom. The third kappa shape index (κ3) is 25.0. The lowest BCUT2D eigenvalue weighted by atomic mass is 10.1. The maximum atomic E-state index is 8.66. The Balaban J connectivity index is -0.000000150. The van der Waals surface area contributed by atoms with Gasteiger partial charge in [-0.3, -0.25) is 0 Å². The van der Waals surface area contributed by atoms with Crippen LogP contribution in [0.25, 0.3) is 0 Å². The number of rotatable bonds is 9. The summed E-state index contributed by atoms with van der Waals surface area (Å²) in [4.78, 5) is 0. The van der Waals surface area contributed by atoms with Crippen LogP contribution in [0.4, 0.5) is 0 Å². The second kappa shape index (κ2) is 33.7. The van der Waals surface area contributed by atoms with Crippen molar-refractivity contribution >= 4 is 0 Å². The van der Waals surface area contributed by atoms with Crippen LogP contribution >= 0.6 is 0 Å². The van der Waals surface area contributed by atoms with E-state index in [1.54, 1.807) is 21.1 Å². The van der Waals surface area contributed by atoms with E-state index in [2.05, 4.69) is 20.8 Å². The lowest BCUT2D eigenvalue weighted by Crippen LogP contribution is -2.04. The molecular formula is C34H66O7. The second-order valence-electron chi connectivity index (χ2n) is 8.20. The zero-order valence-electron chi connectivity index (χ0n) is 28.1. The number of methoxy groups -OCH3 is 2. The smallest absolute Gasteiger partial charge is 0.151 e. The first-order valence-corrected chi connectivity index (χ1v) is 14.6. The van der Waals surface area contributed by atoms with Crippen molar-refractivity contribution in [1.29, 1.82) is 0 Å². The van der Waals surface area contributed by atoms with Crippen LogP contribution in [0.5, 0.6) is 23.0 Å². The molecule has 0 amide bonds. The summed E-state index contributed by atoms with van der Waals surface area (Å²) in [5.41, 5.74) is 4.32. The highest BCUT2D eigenvalue weighted by molar-refractivity contribution is 5.46. The molecule has 244 valence electrons. The van der Waals surface area contributed by atoms with E-state index in [9.17, 15) is 0 Å². The van der Waals surface area contributed by atoms with Crippen molar-refractivity contribution in [2.45, 2.75) is 116 Å². The highest BCUT2D eigenvalue weighted by atomic mass is 16.5. The van der Waals surface area contributed by atoms with Crippen molar-refractivity contribution in [3.8, 4) is 23.0 Å². The number of benzene rings is 2. The van der Waals surface area contributed by atoms with Crippen LogP contribution in [0, 0.1) is 27.7 Å². The molecule has 0 saturated heterocycles. The van der Waals surface area contributed by atoms with Gasteiger partial charge in [-0.15, -0.1) is 0 Å². The lowest BCUT2D eigenvalue weighted by Gasteiger charge is -2.12. The SMILES string of the molecule is C.CC.CC.CCC.CCC(O)O.CCCOc1c(C)cc(OC)cc1C.COc1cc(C)c(OCCO)c(C)c1. The predicted molar refractivity (Wildman–Crippen MR) is 177 cm³/mol. The van der Waals surface area contributed by atoms with E-state index in [1.165, 1.54) is 6.42 Å². The summed E-state index contributed by atoms with van der Waals surface area (Å²) in [6.07, 6.45) is 1.58. The Labute approximate surface area is 253 Å². The summed E-state index contributed by atoms with van der Waals surface area (Å²) < 4.78 is 21.4. The molecule has 0 aromatic heterocycles. The largest absolute Gasteiger partial charge is 0.497 e. The molecule has 0 unspecified atom stereocenters. The zero-order chi connectivity index (χ0) is 32.1. The molecule has 0 atom stereocenters. The van der Waals surface area contributed by atoms with Gasteiger partial charge in [0.05, 0.1) is 27.4 Å². The number of ether oxygens (including phenoxy) is 4. The number of hydrogen-bond acceptors (Lipinski definition) is 7. The molecule has 41 heavy (non-hydrogen) atoms. The fraction of sp³-hybridized carbons (Fsp3) is 0.647. The third-order valence-corrected chi connectivity index (χ3v) is 4.49. The minimum Gasteiger partial charge on any atom is -0.497 e. The number of aliphatic hydroxyl groups excluding tert-OH is 2. The van der Waals surface area contributed by atoms with Crippen molar-refractivity contribution in [3.05, 3.63) is 46.5 Å². The van der Waals surface area contributed by atoms with Crippen LogP contribution < -0.4 is 18.9 Å². The van der Waals surface area contributed by atoms with Crippen LogP contribution in [-0.2, 0) is 0 Å². The molecule has 7 nitrogen and oxygen atoms in total. The number of hydrogen-bond donors (Lipinski definition) is 3. The molecule has 0 aliphatic carbocycles. The fourth-order valence-electron chi connectivity index (χ4n) is 2.86. The minimum atomic E-state index is -1.12. The van der Waals surface area contributed by atoms with Gasteiger partial charge >= 0.3 is 0 Å². The van der Waals surface area contributed by atoms with Crippen LogP contribution in [0.2, 0.25) is 0 Å². The molecule has 0 saturated carbocycles. The van der Waals surface area contributed by atoms with Gasteiger partial charge in [0.1, 0.15) is 29.6 Å². The van der Waals surface area contributed by atoms with Gasteiger partial charge in [0.15, 0.2) is 6.29 Å².